The molecule has 1 aromatic heterocycles. The highest BCUT2D eigenvalue weighted by molar-refractivity contribution is 6.30. The first kappa shape index (κ1) is 27.3. The summed E-state index contributed by atoms with van der Waals surface area (Å²) >= 11 is 5.99. The molecule has 0 radical (unpaired) electrons. The number of nitrogens with one attached hydrogen (secondary N) is 1. The van der Waals surface area contributed by atoms with Gasteiger partial charge in [-0.15, -0.1) is 0 Å². The molecule has 2 atom stereocenters. The maximum absolute atomic E-state index is 12.8. The van der Waals surface area contributed by atoms with E-state index in [9.17, 15) is 24.6 Å². The quantitative estimate of drug-likeness (QED) is 0.309. The molecule has 3 aromatic rings. The minimum atomic E-state index is -1.49. The Kier molecular flexibility index (Phi) is 8.22. The minimum Gasteiger partial charge on any atom is -0.481 e. The van der Waals surface area contributed by atoms with Crippen molar-refractivity contribution < 1.29 is 29.3 Å². The standard InChI is InChI=1S/C25H24ClN7O6/c1-14(22(35)36)12-33-24(37)31-23(32(25(33)38)13-15-2-4-16(26)5-3-15)30-17-6-8-18(9-7-17)39-20-11-28-19(10-29-20)21(27)34/h2-11,14,25,38H,12-13H2,1H3,(H2,27,34)(H,35,36)(H,30,31,37)/t14-,25?/m0/s1. The van der Waals surface area contributed by atoms with E-state index in [1.165, 1.54) is 24.2 Å². The molecular weight excluding hydrogens is 530 g/mol. The summed E-state index contributed by atoms with van der Waals surface area (Å²) in [5, 5.41) is 23.5. The Morgan fingerprint density at radius 3 is 2.41 bits per heavy atom. The van der Waals surface area contributed by atoms with E-state index in [-0.39, 0.29) is 30.6 Å². The molecule has 1 fully saturated rings. The van der Waals surface area contributed by atoms with Gasteiger partial charge in [0, 0.05) is 11.6 Å². The predicted octanol–water partition coefficient (Wildman–Crippen LogP) is 2.53. The molecule has 2 heterocycles. The fraction of sp³-hybridized carbons (Fsp3) is 0.200. The minimum absolute atomic E-state index is 0.00405. The number of amides is 3. The summed E-state index contributed by atoms with van der Waals surface area (Å²) in [7, 11) is 0. The van der Waals surface area contributed by atoms with Crippen LogP contribution in [0.1, 0.15) is 23.0 Å². The van der Waals surface area contributed by atoms with Gasteiger partial charge in [-0.1, -0.05) is 30.7 Å². The van der Waals surface area contributed by atoms with E-state index in [4.69, 9.17) is 22.1 Å². The number of aromatic nitrogens is 2. The molecule has 1 aliphatic heterocycles. The number of carboxylic acids is 1. The van der Waals surface area contributed by atoms with Gasteiger partial charge in [-0.25, -0.2) is 19.8 Å². The third kappa shape index (κ3) is 6.77. The van der Waals surface area contributed by atoms with Crippen molar-refractivity contribution in [1.82, 2.24) is 25.1 Å². The number of aliphatic hydroxyl groups excluding tert-OH is 1. The summed E-state index contributed by atoms with van der Waals surface area (Å²) < 4.78 is 5.61. The van der Waals surface area contributed by atoms with Crippen molar-refractivity contribution >= 4 is 41.2 Å². The van der Waals surface area contributed by atoms with Gasteiger partial charge in [0.15, 0.2) is 0 Å². The molecule has 14 heteroatoms. The van der Waals surface area contributed by atoms with Crippen molar-refractivity contribution in [2.24, 2.45) is 16.6 Å². The van der Waals surface area contributed by atoms with Crippen LogP contribution in [-0.2, 0) is 11.3 Å². The third-order valence-electron chi connectivity index (χ3n) is 5.64. The Labute approximate surface area is 227 Å². The number of primary amides is 1. The number of aliphatic carboxylic acids is 1. The summed E-state index contributed by atoms with van der Waals surface area (Å²) in [5.74, 6) is -2.11. The number of carboxylic acid groups (broad SMARTS) is 1. The summed E-state index contributed by atoms with van der Waals surface area (Å²) in [6.45, 7) is 1.36. The molecule has 0 bridgehead atoms. The second kappa shape index (κ2) is 11.8. The molecule has 4 rings (SSSR count). The number of halogens is 1. The number of aliphatic hydroxyl groups is 1. The molecule has 3 amide bonds. The van der Waals surface area contributed by atoms with Crippen molar-refractivity contribution in [3.05, 3.63) is 77.2 Å². The van der Waals surface area contributed by atoms with E-state index in [1.54, 1.807) is 48.5 Å². The van der Waals surface area contributed by atoms with Crippen LogP contribution in [0.25, 0.3) is 0 Å². The number of benzene rings is 2. The van der Waals surface area contributed by atoms with E-state index >= 15 is 0 Å². The van der Waals surface area contributed by atoms with Crippen LogP contribution < -0.4 is 15.8 Å². The molecule has 0 aliphatic carbocycles. The lowest BCUT2D eigenvalue weighted by molar-refractivity contribution is -0.143. The van der Waals surface area contributed by atoms with E-state index < -0.39 is 30.2 Å². The second-order valence-electron chi connectivity index (χ2n) is 8.56. The van der Waals surface area contributed by atoms with Crippen LogP contribution >= 0.6 is 11.6 Å². The van der Waals surface area contributed by atoms with Crippen LogP contribution in [0.4, 0.5) is 10.5 Å². The number of hydrogen-bond acceptors (Lipinski definition) is 8. The molecule has 1 unspecified atom stereocenters. The topological polar surface area (TPSA) is 184 Å². The smallest absolute Gasteiger partial charge is 0.327 e. The van der Waals surface area contributed by atoms with Crippen LogP contribution in [0.5, 0.6) is 11.6 Å². The summed E-state index contributed by atoms with van der Waals surface area (Å²) in [5.41, 5.74) is 6.35. The Morgan fingerprint density at radius 1 is 1.13 bits per heavy atom. The highest BCUT2D eigenvalue weighted by Crippen LogP contribution is 2.24. The zero-order chi connectivity index (χ0) is 28.1. The highest BCUT2D eigenvalue weighted by Gasteiger charge is 2.37. The highest BCUT2D eigenvalue weighted by atomic mass is 35.5. The van der Waals surface area contributed by atoms with Gasteiger partial charge >= 0.3 is 12.0 Å². The van der Waals surface area contributed by atoms with Crippen molar-refractivity contribution in [2.45, 2.75) is 19.8 Å². The molecule has 2 aromatic carbocycles. The van der Waals surface area contributed by atoms with Gasteiger partial charge in [0.2, 0.25) is 18.2 Å². The number of rotatable bonds is 9. The average Bonchev–Trinajstić information content (AvgIpc) is 2.91. The zero-order valence-electron chi connectivity index (χ0n) is 20.6. The van der Waals surface area contributed by atoms with E-state index in [0.717, 1.165) is 10.5 Å². The Morgan fingerprint density at radius 2 is 1.82 bits per heavy atom. The maximum atomic E-state index is 12.8. The lowest BCUT2D eigenvalue weighted by Crippen LogP contribution is -2.66. The molecule has 1 aliphatic rings. The Bertz CT molecular complexity index is 1380. The number of guanidine groups is 1. The van der Waals surface area contributed by atoms with Gasteiger partial charge in [0.25, 0.3) is 5.91 Å². The van der Waals surface area contributed by atoms with Crippen LogP contribution in [-0.4, -0.2) is 66.7 Å². The lowest BCUT2D eigenvalue weighted by atomic mass is 10.1. The van der Waals surface area contributed by atoms with Crippen LogP contribution in [0.3, 0.4) is 0 Å². The number of urea groups is 1. The van der Waals surface area contributed by atoms with E-state index in [2.05, 4.69) is 20.3 Å². The summed E-state index contributed by atoms with van der Waals surface area (Å²) in [4.78, 5) is 50.1. The number of ether oxygens (including phenoxy) is 1. The predicted molar refractivity (Wildman–Crippen MR) is 139 cm³/mol. The molecule has 39 heavy (non-hydrogen) atoms. The zero-order valence-corrected chi connectivity index (χ0v) is 21.3. The average molecular weight is 554 g/mol. The summed E-state index contributed by atoms with van der Waals surface area (Å²) in [6.07, 6.45) is 0.975. The first-order chi connectivity index (χ1) is 18.6. The Hall–Kier alpha value is -4.75. The van der Waals surface area contributed by atoms with Gasteiger partial charge < -0.3 is 20.7 Å². The van der Waals surface area contributed by atoms with Crippen molar-refractivity contribution in [1.29, 1.82) is 0 Å². The fourth-order valence-electron chi connectivity index (χ4n) is 3.54. The third-order valence-corrected chi connectivity index (χ3v) is 5.89. The molecule has 5 N–H and O–H groups in total. The van der Waals surface area contributed by atoms with E-state index in [0.29, 0.717) is 16.5 Å². The molecule has 1 saturated heterocycles. The SMILES string of the molecule is C[C@@H](CN1C(=O)NC(=Nc2ccc(Oc3cnc(C(N)=O)cn3)cc2)N(Cc2ccc(Cl)cc2)C1O)C(=O)O. The fourth-order valence-corrected chi connectivity index (χ4v) is 3.66. The lowest BCUT2D eigenvalue weighted by Gasteiger charge is -2.42. The van der Waals surface area contributed by atoms with Gasteiger partial charge in [-0.05, 0) is 42.0 Å². The number of nitrogens with zero attached hydrogens (tertiary/aromatic N) is 5. The van der Waals surface area contributed by atoms with Crippen molar-refractivity contribution in [3.8, 4) is 11.6 Å². The second-order valence-corrected chi connectivity index (χ2v) is 8.99. The molecular formula is C25H24ClN7O6. The molecule has 0 spiro atoms. The van der Waals surface area contributed by atoms with Crippen molar-refractivity contribution in [3.63, 3.8) is 0 Å². The molecule has 0 saturated carbocycles. The number of carbonyl (C=O) groups is 3. The number of aliphatic imine (C=N–C) groups is 1. The molecule has 202 valence electrons. The largest absolute Gasteiger partial charge is 0.481 e. The van der Waals surface area contributed by atoms with Crippen molar-refractivity contribution in [2.75, 3.05) is 6.54 Å². The number of carbonyl (C=O) groups excluding carboxylic acids is 2. The number of nitrogens with two attached hydrogens (primary N) is 1. The van der Waals surface area contributed by atoms with Crippen LogP contribution in [0.15, 0.2) is 65.9 Å². The van der Waals surface area contributed by atoms with Gasteiger partial charge in [0.05, 0.1) is 30.5 Å². The first-order valence-electron chi connectivity index (χ1n) is 11.6. The summed E-state index contributed by atoms with van der Waals surface area (Å²) in [6, 6.07) is 12.7. The Balaban J connectivity index is 1.56. The normalized spacial score (nSPS) is 17.1. The number of hydrogen-bond donors (Lipinski definition) is 4. The maximum Gasteiger partial charge on any atom is 0.327 e. The van der Waals surface area contributed by atoms with Crippen LogP contribution in [0.2, 0.25) is 5.02 Å². The van der Waals surface area contributed by atoms with Gasteiger partial charge in [-0.3, -0.25) is 24.7 Å². The van der Waals surface area contributed by atoms with Gasteiger partial charge in [-0.2, -0.15) is 0 Å². The molecule has 13 nitrogen and oxygen atoms in total. The monoisotopic (exact) mass is 553 g/mol. The first-order valence-corrected chi connectivity index (χ1v) is 12.0. The van der Waals surface area contributed by atoms with Gasteiger partial charge in [0.1, 0.15) is 11.4 Å². The van der Waals surface area contributed by atoms with Crippen LogP contribution in [0, 0.1) is 5.92 Å². The van der Waals surface area contributed by atoms with E-state index in [1.807, 2.05) is 0 Å².